The van der Waals surface area contributed by atoms with Crippen LogP contribution in [-0.2, 0) is 13.5 Å². The van der Waals surface area contributed by atoms with Crippen LogP contribution in [0.15, 0.2) is 59.5 Å². The van der Waals surface area contributed by atoms with E-state index in [1.165, 1.54) is 10.2 Å². The van der Waals surface area contributed by atoms with Gasteiger partial charge >= 0.3 is 6.03 Å². The number of rotatable bonds is 6. The van der Waals surface area contributed by atoms with Gasteiger partial charge < -0.3 is 20.7 Å². The van der Waals surface area contributed by atoms with Gasteiger partial charge in [0, 0.05) is 66.1 Å². The molecule has 2 unspecified atom stereocenters. The summed E-state index contributed by atoms with van der Waals surface area (Å²) in [5, 5.41) is 15.6. The number of fused-ring (bicyclic) bond motifs is 2. The number of methoxy groups -OCH3 is 1. The van der Waals surface area contributed by atoms with E-state index in [1.54, 1.807) is 20.4 Å². The Morgan fingerprint density at radius 1 is 1.02 bits per heavy atom. The Balaban J connectivity index is 1.12. The first-order valence-corrected chi connectivity index (χ1v) is 17.5. The van der Waals surface area contributed by atoms with Crippen molar-refractivity contribution in [2.45, 2.75) is 44.2 Å². The lowest BCUT2D eigenvalue weighted by Gasteiger charge is -2.36. The third-order valence-corrected chi connectivity index (χ3v) is 11.1. The molecule has 2 aliphatic heterocycles. The summed E-state index contributed by atoms with van der Waals surface area (Å²) < 4.78 is 7.23. The standard InChI is InChI=1S/C37H36Cl2N8O3/c1-20-16-22-18-41-46(2)35(48)30(22)33(42-20)43-26-9-5-7-24(32(26)39)23-6-4-8-25(31(23)38)27-17-21-10-11-28(29(21)34(44-27)50-3)47-15-13-37(19-47)12-14-40-36(49)45-37/h4-9,16-18,28H,10-15,19H2,1-3H3,(H,42,43)(H2,40,45,49). The minimum absolute atomic E-state index is 0.0843. The monoisotopic (exact) mass is 710 g/mol. The number of likely N-dealkylation sites (tertiary alicyclic amines) is 1. The zero-order valence-electron chi connectivity index (χ0n) is 27.9. The molecule has 1 aliphatic carbocycles. The van der Waals surface area contributed by atoms with Gasteiger partial charge in [-0.05, 0) is 56.4 Å². The second-order valence-corrected chi connectivity index (χ2v) is 14.1. The molecule has 0 radical (unpaired) electrons. The topological polar surface area (TPSA) is 126 Å². The van der Waals surface area contributed by atoms with Gasteiger partial charge in [0.2, 0.25) is 5.88 Å². The van der Waals surface area contributed by atoms with Crippen molar-refractivity contribution in [3.8, 4) is 28.3 Å². The molecular weight excluding hydrogens is 675 g/mol. The molecule has 1 spiro atoms. The van der Waals surface area contributed by atoms with Gasteiger partial charge in [-0.25, -0.2) is 19.4 Å². The molecule has 11 nitrogen and oxygen atoms in total. The molecule has 2 fully saturated rings. The molecule has 256 valence electrons. The van der Waals surface area contributed by atoms with Gasteiger partial charge in [0.05, 0.1) is 45.7 Å². The predicted molar refractivity (Wildman–Crippen MR) is 196 cm³/mol. The van der Waals surface area contributed by atoms with Crippen LogP contribution in [0.2, 0.25) is 10.0 Å². The number of amides is 2. The van der Waals surface area contributed by atoms with Crippen LogP contribution in [0.5, 0.6) is 5.88 Å². The Labute approximate surface area is 299 Å². The predicted octanol–water partition coefficient (Wildman–Crippen LogP) is 6.56. The minimum Gasteiger partial charge on any atom is -0.481 e. The summed E-state index contributed by atoms with van der Waals surface area (Å²) in [6, 6.07) is 15.5. The van der Waals surface area contributed by atoms with Gasteiger partial charge in [0.1, 0.15) is 5.82 Å². The van der Waals surface area contributed by atoms with Gasteiger partial charge in [-0.3, -0.25) is 9.69 Å². The van der Waals surface area contributed by atoms with Gasteiger partial charge in [-0.15, -0.1) is 0 Å². The highest BCUT2D eigenvalue weighted by atomic mass is 35.5. The normalized spacial score (nSPS) is 20.2. The molecule has 3 N–H and O–H groups in total. The molecule has 3 aliphatic rings. The number of aromatic nitrogens is 4. The average molecular weight is 712 g/mol. The van der Waals surface area contributed by atoms with E-state index in [2.05, 4.69) is 37.0 Å². The van der Waals surface area contributed by atoms with E-state index in [1.807, 2.05) is 49.4 Å². The van der Waals surface area contributed by atoms with Crippen molar-refractivity contribution in [2.75, 3.05) is 32.1 Å². The fourth-order valence-electron chi connectivity index (χ4n) is 7.86. The highest BCUT2D eigenvalue weighted by molar-refractivity contribution is 6.39. The Morgan fingerprint density at radius 3 is 2.60 bits per heavy atom. The molecule has 2 amide bonds. The highest BCUT2D eigenvalue weighted by Gasteiger charge is 2.45. The fourth-order valence-corrected chi connectivity index (χ4v) is 8.46. The first kappa shape index (κ1) is 32.5. The minimum atomic E-state index is -0.260. The molecule has 2 atom stereocenters. The van der Waals surface area contributed by atoms with Crippen molar-refractivity contribution in [2.24, 2.45) is 7.05 Å². The number of nitrogens with zero attached hydrogens (tertiary/aromatic N) is 5. The van der Waals surface area contributed by atoms with Gasteiger partial charge in [0.15, 0.2) is 0 Å². The molecule has 5 heterocycles. The van der Waals surface area contributed by atoms with E-state index in [-0.39, 0.29) is 23.2 Å². The molecule has 50 heavy (non-hydrogen) atoms. The molecule has 8 rings (SSSR count). The number of hydrogen-bond donors (Lipinski definition) is 3. The smallest absolute Gasteiger partial charge is 0.315 e. The van der Waals surface area contributed by atoms with Crippen LogP contribution < -0.4 is 26.2 Å². The zero-order valence-corrected chi connectivity index (χ0v) is 29.5. The van der Waals surface area contributed by atoms with Crippen LogP contribution in [0.4, 0.5) is 16.3 Å². The number of nitrogens with one attached hydrogen (secondary N) is 3. The van der Waals surface area contributed by atoms with E-state index < -0.39 is 0 Å². The van der Waals surface area contributed by atoms with Gasteiger partial charge in [-0.1, -0.05) is 53.5 Å². The summed E-state index contributed by atoms with van der Waals surface area (Å²) in [7, 11) is 3.27. The van der Waals surface area contributed by atoms with Crippen LogP contribution in [-0.4, -0.2) is 63.0 Å². The van der Waals surface area contributed by atoms with Crippen LogP contribution >= 0.6 is 23.2 Å². The third kappa shape index (κ3) is 5.53. The second-order valence-electron chi connectivity index (χ2n) is 13.4. The fraction of sp³-hybridized carbons (Fsp3) is 0.324. The summed E-state index contributed by atoms with van der Waals surface area (Å²) in [4.78, 5) is 37.3. The highest BCUT2D eigenvalue weighted by Crippen LogP contribution is 2.47. The number of pyridine rings is 2. The van der Waals surface area contributed by atoms with Crippen molar-refractivity contribution in [3.63, 3.8) is 0 Å². The zero-order chi connectivity index (χ0) is 34.7. The number of hydrogen-bond acceptors (Lipinski definition) is 8. The lowest BCUT2D eigenvalue weighted by Crippen LogP contribution is -2.59. The number of benzene rings is 2. The van der Waals surface area contributed by atoms with E-state index in [9.17, 15) is 9.59 Å². The van der Waals surface area contributed by atoms with Gasteiger partial charge in [-0.2, -0.15) is 5.10 Å². The number of halogens is 2. The maximum atomic E-state index is 13.1. The van der Waals surface area contributed by atoms with Crippen LogP contribution in [0.3, 0.4) is 0 Å². The quantitative estimate of drug-likeness (QED) is 0.181. The van der Waals surface area contributed by atoms with E-state index in [0.717, 1.165) is 72.4 Å². The lowest BCUT2D eigenvalue weighted by molar-refractivity contribution is 0.187. The van der Waals surface area contributed by atoms with Gasteiger partial charge in [0.25, 0.3) is 5.56 Å². The molecule has 2 saturated heterocycles. The number of aryl methyl sites for hydroxylation is 3. The van der Waals surface area contributed by atoms with Crippen LogP contribution in [0.1, 0.15) is 42.1 Å². The Kier molecular flexibility index (Phi) is 8.16. The average Bonchev–Trinajstić information content (AvgIpc) is 3.71. The van der Waals surface area contributed by atoms with E-state index >= 15 is 0 Å². The largest absolute Gasteiger partial charge is 0.481 e. The first-order valence-electron chi connectivity index (χ1n) is 16.7. The molecular formula is C37H36Cl2N8O3. The molecule has 13 heteroatoms. The Hall–Kier alpha value is -4.71. The van der Waals surface area contributed by atoms with Crippen molar-refractivity contribution in [3.05, 3.63) is 91.9 Å². The number of anilines is 2. The van der Waals surface area contributed by atoms with Crippen molar-refractivity contribution in [1.29, 1.82) is 0 Å². The second kappa shape index (κ2) is 12.6. The molecule has 3 aromatic heterocycles. The summed E-state index contributed by atoms with van der Waals surface area (Å²) in [6.45, 7) is 4.27. The summed E-state index contributed by atoms with van der Waals surface area (Å²) in [5.41, 5.74) is 6.13. The first-order chi connectivity index (χ1) is 24.1. The SMILES string of the molecule is COc1nc(-c2cccc(-c3cccc(Nc4nc(C)cc5cnn(C)c(=O)c45)c3Cl)c2Cl)cc2c1C(N1CCC3(CCNC(=O)N3)C1)CC2. The Bertz CT molecular complexity index is 2260. The van der Waals surface area contributed by atoms with E-state index in [0.29, 0.717) is 44.7 Å². The maximum absolute atomic E-state index is 13.1. The van der Waals surface area contributed by atoms with Crippen LogP contribution in [0.25, 0.3) is 33.2 Å². The van der Waals surface area contributed by atoms with Crippen molar-refractivity contribution >= 4 is 51.5 Å². The van der Waals surface area contributed by atoms with E-state index in [4.69, 9.17) is 32.9 Å². The lowest BCUT2D eigenvalue weighted by atomic mass is 9.93. The maximum Gasteiger partial charge on any atom is 0.315 e. The van der Waals surface area contributed by atoms with Crippen molar-refractivity contribution in [1.82, 2.24) is 35.3 Å². The number of urea groups is 1. The third-order valence-electron chi connectivity index (χ3n) is 10.3. The summed E-state index contributed by atoms with van der Waals surface area (Å²) in [6.07, 6.45) is 5.34. The molecule has 2 aromatic carbocycles. The molecule has 0 saturated carbocycles. The summed E-state index contributed by atoms with van der Waals surface area (Å²) >= 11 is 14.3. The number of ether oxygens (including phenoxy) is 1. The Morgan fingerprint density at radius 2 is 1.80 bits per heavy atom. The number of carbonyl (C=O) groups excluding carboxylic acids is 1. The molecule has 5 aromatic rings. The van der Waals surface area contributed by atoms with Crippen LogP contribution in [0, 0.1) is 6.92 Å². The molecule has 0 bridgehead atoms. The van der Waals surface area contributed by atoms with Crippen molar-refractivity contribution < 1.29 is 9.53 Å². The summed E-state index contributed by atoms with van der Waals surface area (Å²) in [5.74, 6) is 0.999. The number of carbonyl (C=O) groups is 1.